The second-order valence-corrected chi connectivity index (χ2v) is 7.15. The molecule has 0 radical (unpaired) electrons. The zero-order valence-corrected chi connectivity index (χ0v) is 13.5. The van der Waals surface area contributed by atoms with Gasteiger partial charge in [-0.3, -0.25) is 0 Å². The summed E-state index contributed by atoms with van der Waals surface area (Å²) in [6, 6.07) is 4.73. The number of nitrogens with zero attached hydrogens (tertiary/aromatic N) is 1. The second-order valence-electron chi connectivity index (χ2n) is 4.84. The van der Waals surface area contributed by atoms with Crippen molar-refractivity contribution in [2.45, 2.75) is 23.6 Å². The van der Waals surface area contributed by atoms with Gasteiger partial charge in [-0.2, -0.15) is 4.31 Å². The Morgan fingerprint density at radius 1 is 1.29 bits per heavy atom. The highest BCUT2D eigenvalue weighted by molar-refractivity contribution is 7.89. The van der Waals surface area contributed by atoms with Crippen molar-refractivity contribution in [3.63, 3.8) is 0 Å². The first kappa shape index (κ1) is 16.7. The largest absolute Gasteiger partial charge is 0.377 e. The Morgan fingerprint density at radius 3 is 2.29 bits per heavy atom. The van der Waals surface area contributed by atoms with Crippen LogP contribution in [-0.2, 0) is 26.0 Å². The van der Waals surface area contributed by atoms with Crippen molar-refractivity contribution in [2.24, 2.45) is 5.73 Å². The molecule has 1 aliphatic rings. The number of hydrogen-bond acceptors (Lipinski definition) is 5. The van der Waals surface area contributed by atoms with Crippen LogP contribution in [0.1, 0.15) is 5.56 Å². The second kappa shape index (κ2) is 6.60. The van der Waals surface area contributed by atoms with Gasteiger partial charge in [-0.05, 0) is 17.7 Å². The molecule has 2 rings (SSSR count). The predicted molar refractivity (Wildman–Crippen MR) is 79.7 cm³/mol. The molecule has 0 saturated carbocycles. The average molecular weight is 335 g/mol. The fourth-order valence-electron chi connectivity index (χ4n) is 2.38. The van der Waals surface area contributed by atoms with Gasteiger partial charge in [0.2, 0.25) is 10.0 Å². The van der Waals surface area contributed by atoms with Crippen molar-refractivity contribution < 1.29 is 17.9 Å². The van der Waals surface area contributed by atoms with E-state index in [1.165, 1.54) is 24.6 Å². The lowest BCUT2D eigenvalue weighted by Crippen LogP contribution is -2.30. The highest BCUT2D eigenvalue weighted by Gasteiger charge is 2.40. The Kier molecular flexibility index (Phi) is 5.24. The summed E-state index contributed by atoms with van der Waals surface area (Å²) in [5.41, 5.74) is 6.30. The van der Waals surface area contributed by atoms with E-state index in [2.05, 4.69) is 0 Å². The minimum Gasteiger partial charge on any atom is -0.377 e. The van der Waals surface area contributed by atoms with Gasteiger partial charge in [-0.1, -0.05) is 17.7 Å². The van der Waals surface area contributed by atoms with Crippen LogP contribution in [0, 0.1) is 0 Å². The normalized spacial score (nSPS) is 23.6. The molecule has 0 amide bonds. The molecule has 2 unspecified atom stereocenters. The Balaban J connectivity index is 2.31. The third-order valence-corrected chi connectivity index (χ3v) is 5.95. The topological polar surface area (TPSA) is 81.9 Å². The maximum Gasteiger partial charge on any atom is 0.244 e. The SMILES string of the molecule is COC1CN(S(=O)(=O)c2ccc(CN)cc2Cl)CC1OC. The zero-order chi connectivity index (χ0) is 15.6. The van der Waals surface area contributed by atoms with Gasteiger partial charge in [-0.15, -0.1) is 0 Å². The maximum absolute atomic E-state index is 12.7. The minimum absolute atomic E-state index is 0.0768. The van der Waals surface area contributed by atoms with Gasteiger partial charge in [0, 0.05) is 33.9 Å². The van der Waals surface area contributed by atoms with E-state index in [-0.39, 0.29) is 35.2 Å². The van der Waals surface area contributed by atoms with Crippen LogP contribution >= 0.6 is 11.6 Å². The van der Waals surface area contributed by atoms with Crippen LogP contribution in [0.2, 0.25) is 5.02 Å². The van der Waals surface area contributed by atoms with Gasteiger partial charge in [0.15, 0.2) is 0 Å². The van der Waals surface area contributed by atoms with Gasteiger partial charge >= 0.3 is 0 Å². The molecule has 0 aliphatic carbocycles. The molecule has 0 aromatic heterocycles. The molecule has 1 heterocycles. The van der Waals surface area contributed by atoms with Crippen molar-refractivity contribution in [3.8, 4) is 0 Å². The molecule has 2 N–H and O–H groups in total. The molecule has 1 aromatic carbocycles. The number of methoxy groups -OCH3 is 2. The number of benzene rings is 1. The fourth-order valence-corrected chi connectivity index (χ4v) is 4.39. The summed E-state index contributed by atoms with van der Waals surface area (Å²) in [4.78, 5) is 0.0768. The molecule has 8 heteroatoms. The van der Waals surface area contributed by atoms with Gasteiger partial charge in [0.05, 0.1) is 17.2 Å². The van der Waals surface area contributed by atoms with Gasteiger partial charge in [-0.25, -0.2) is 8.42 Å². The highest BCUT2D eigenvalue weighted by Crippen LogP contribution is 2.29. The molecule has 0 spiro atoms. The Bertz CT molecular complexity index is 596. The van der Waals surface area contributed by atoms with E-state index in [9.17, 15) is 8.42 Å². The molecule has 1 fully saturated rings. The molecule has 118 valence electrons. The number of rotatable bonds is 5. The molecule has 1 aromatic rings. The van der Waals surface area contributed by atoms with Crippen molar-refractivity contribution in [1.29, 1.82) is 0 Å². The number of hydrogen-bond donors (Lipinski definition) is 1. The van der Waals surface area contributed by atoms with Gasteiger partial charge in [0.1, 0.15) is 4.90 Å². The van der Waals surface area contributed by atoms with Crippen molar-refractivity contribution >= 4 is 21.6 Å². The van der Waals surface area contributed by atoms with Crippen LogP contribution in [0.25, 0.3) is 0 Å². The molecule has 21 heavy (non-hydrogen) atoms. The first-order chi connectivity index (χ1) is 9.93. The van der Waals surface area contributed by atoms with E-state index in [1.807, 2.05) is 0 Å². The number of ether oxygens (including phenoxy) is 2. The fraction of sp³-hybridized carbons (Fsp3) is 0.538. The summed E-state index contributed by atoms with van der Waals surface area (Å²) >= 11 is 6.09. The van der Waals surface area contributed by atoms with E-state index in [0.717, 1.165) is 5.56 Å². The van der Waals surface area contributed by atoms with Gasteiger partial charge < -0.3 is 15.2 Å². The van der Waals surface area contributed by atoms with E-state index in [0.29, 0.717) is 6.54 Å². The highest BCUT2D eigenvalue weighted by atomic mass is 35.5. The van der Waals surface area contributed by atoms with Crippen LogP contribution in [-0.4, -0.2) is 52.2 Å². The lowest BCUT2D eigenvalue weighted by Gasteiger charge is -2.17. The summed E-state index contributed by atoms with van der Waals surface area (Å²) in [6.07, 6.45) is -0.571. The smallest absolute Gasteiger partial charge is 0.244 e. The van der Waals surface area contributed by atoms with Crippen LogP contribution < -0.4 is 5.73 Å². The molecule has 6 nitrogen and oxygen atoms in total. The van der Waals surface area contributed by atoms with Crippen LogP contribution in [0.15, 0.2) is 23.1 Å². The van der Waals surface area contributed by atoms with Crippen molar-refractivity contribution in [3.05, 3.63) is 28.8 Å². The number of sulfonamides is 1. The third kappa shape index (κ3) is 3.23. The van der Waals surface area contributed by atoms with E-state index >= 15 is 0 Å². The molecular formula is C13H19ClN2O4S. The summed E-state index contributed by atoms with van der Waals surface area (Å²) in [5, 5.41) is 0.174. The summed E-state index contributed by atoms with van der Waals surface area (Å²) in [6.45, 7) is 0.792. The molecule has 0 bridgehead atoms. The van der Waals surface area contributed by atoms with E-state index in [4.69, 9.17) is 26.8 Å². The van der Waals surface area contributed by atoms with Crippen molar-refractivity contribution in [2.75, 3.05) is 27.3 Å². The Morgan fingerprint density at radius 2 is 1.86 bits per heavy atom. The summed E-state index contributed by atoms with van der Waals surface area (Å²) in [5.74, 6) is 0. The van der Waals surface area contributed by atoms with E-state index in [1.54, 1.807) is 12.1 Å². The molecule has 2 atom stereocenters. The lowest BCUT2D eigenvalue weighted by atomic mass is 10.2. The molecular weight excluding hydrogens is 316 g/mol. The van der Waals surface area contributed by atoms with Crippen LogP contribution in [0.5, 0.6) is 0 Å². The first-order valence-electron chi connectivity index (χ1n) is 6.48. The summed E-state index contributed by atoms with van der Waals surface area (Å²) in [7, 11) is -0.605. The van der Waals surface area contributed by atoms with Crippen molar-refractivity contribution in [1.82, 2.24) is 4.31 Å². The van der Waals surface area contributed by atoms with Gasteiger partial charge in [0.25, 0.3) is 0 Å². The minimum atomic E-state index is -3.68. The van der Waals surface area contributed by atoms with Crippen LogP contribution in [0.3, 0.4) is 0 Å². The lowest BCUT2D eigenvalue weighted by molar-refractivity contribution is -0.00461. The Hall–Kier alpha value is -0.700. The standard InChI is InChI=1S/C13H19ClN2O4S/c1-19-11-7-16(8-12(11)20-2)21(17,18)13-4-3-9(6-15)5-10(13)14/h3-5,11-12H,6-8,15H2,1-2H3. The number of halogens is 1. The zero-order valence-electron chi connectivity index (χ0n) is 12.0. The average Bonchev–Trinajstić information content (AvgIpc) is 2.90. The first-order valence-corrected chi connectivity index (χ1v) is 8.30. The quantitative estimate of drug-likeness (QED) is 0.862. The Labute approximate surface area is 129 Å². The number of nitrogens with two attached hydrogens (primary N) is 1. The summed E-state index contributed by atoms with van der Waals surface area (Å²) < 4.78 is 37.2. The predicted octanol–water partition coefficient (Wildman–Crippen LogP) is 0.833. The van der Waals surface area contributed by atoms with E-state index < -0.39 is 10.0 Å². The van der Waals surface area contributed by atoms with Crippen LogP contribution in [0.4, 0.5) is 0 Å². The third-order valence-electron chi connectivity index (χ3n) is 3.64. The maximum atomic E-state index is 12.7. The molecule has 1 saturated heterocycles. The monoisotopic (exact) mass is 334 g/mol. The molecule has 1 aliphatic heterocycles.